The third-order valence-corrected chi connectivity index (χ3v) is 3.57. The van der Waals surface area contributed by atoms with Crippen molar-refractivity contribution in [1.29, 1.82) is 0 Å². The number of benzene rings is 2. The van der Waals surface area contributed by atoms with Crippen LogP contribution >= 0.6 is 0 Å². The summed E-state index contributed by atoms with van der Waals surface area (Å²) in [4.78, 5) is 33.9. The Morgan fingerprint density at radius 2 is 1.68 bits per heavy atom. The fourth-order valence-corrected chi connectivity index (χ4v) is 2.33. The van der Waals surface area contributed by atoms with Gasteiger partial charge >= 0.3 is 5.97 Å². The first-order valence-corrected chi connectivity index (χ1v) is 7.62. The highest BCUT2D eigenvalue weighted by molar-refractivity contribution is 6.00. The molecule has 2 rings (SSSR count). The average Bonchev–Trinajstić information content (AvgIpc) is 2.64. The van der Waals surface area contributed by atoms with Gasteiger partial charge in [-0.2, -0.15) is 0 Å². The summed E-state index contributed by atoms with van der Waals surface area (Å²) in [6.45, 7) is 0.208. The summed E-state index contributed by atoms with van der Waals surface area (Å²) in [5, 5.41) is 20.1. The zero-order chi connectivity index (χ0) is 18.2. The van der Waals surface area contributed by atoms with E-state index in [0.29, 0.717) is 11.1 Å². The molecule has 25 heavy (non-hydrogen) atoms. The number of hydroxylamine groups is 1. The third kappa shape index (κ3) is 5.15. The molecule has 0 radical (unpaired) electrons. The van der Waals surface area contributed by atoms with E-state index in [1.165, 1.54) is 0 Å². The molecule has 0 saturated carbocycles. The van der Waals surface area contributed by atoms with Crippen molar-refractivity contribution in [1.82, 2.24) is 10.8 Å². The lowest BCUT2D eigenvalue weighted by atomic mass is 9.97. The van der Waals surface area contributed by atoms with E-state index in [-0.39, 0.29) is 25.3 Å². The van der Waals surface area contributed by atoms with Crippen molar-refractivity contribution in [2.45, 2.75) is 19.4 Å². The Morgan fingerprint density at radius 1 is 0.960 bits per heavy atom. The molecular formula is C18H18N2O5. The Labute approximate surface area is 144 Å². The zero-order valence-electron chi connectivity index (χ0n) is 13.4. The van der Waals surface area contributed by atoms with Crippen molar-refractivity contribution in [2.24, 2.45) is 0 Å². The van der Waals surface area contributed by atoms with E-state index >= 15 is 0 Å². The molecule has 0 unspecified atom stereocenters. The fourth-order valence-electron chi connectivity index (χ4n) is 2.33. The van der Waals surface area contributed by atoms with E-state index in [4.69, 9.17) is 10.3 Å². The maximum Gasteiger partial charge on any atom is 0.303 e. The van der Waals surface area contributed by atoms with Gasteiger partial charge in [-0.25, -0.2) is 5.48 Å². The number of nitrogens with one attached hydrogen (secondary N) is 2. The van der Waals surface area contributed by atoms with Gasteiger partial charge in [-0.3, -0.25) is 19.6 Å². The summed E-state index contributed by atoms with van der Waals surface area (Å²) in [7, 11) is 0. The molecule has 0 aliphatic heterocycles. The monoisotopic (exact) mass is 342 g/mol. The highest BCUT2D eigenvalue weighted by Gasteiger charge is 2.13. The van der Waals surface area contributed by atoms with Crippen molar-refractivity contribution in [3.63, 3.8) is 0 Å². The van der Waals surface area contributed by atoms with Crippen LogP contribution in [0.4, 0.5) is 0 Å². The fraction of sp³-hybridized carbons (Fsp3) is 0.167. The van der Waals surface area contributed by atoms with Gasteiger partial charge in [0.2, 0.25) is 5.91 Å². The van der Waals surface area contributed by atoms with Gasteiger partial charge in [0.15, 0.2) is 0 Å². The molecule has 0 aliphatic carbocycles. The summed E-state index contributed by atoms with van der Waals surface area (Å²) < 4.78 is 0. The van der Waals surface area contributed by atoms with E-state index in [1.807, 2.05) is 30.3 Å². The minimum absolute atomic E-state index is 0.0914. The van der Waals surface area contributed by atoms with Gasteiger partial charge in [0.25, 0.3) is 5.91 Å². The Balaban J connectivity index is 2.19. The molecule has 2 aromatic carbocycles. The van der Waals surface area contributed by atoms with Crippen molar-refractivity contribution in [2.75, 3.05) is 0 Å². The van der Waals surface area contributed by atoms with Crippen LogP contribution in [-0.4, -0.2) is 28.1 Å². The summed E-state index contributed by atoms with van der Waals surface area (Å²) in [6, 6.07) is 14.1. The number of carbonyl (C=O) groups is 3. The molecule has 0 saturated heterocycles. The predicted molar refractivity (Wildman–Crippen MR) is 89.8 cm³/mol. The van der Waals surface area contributed by atoms with E-state index in [9.17, 15) is 14.4 Å². The predicted octanol–water partition coefficient (Wildman–Crippen LogP) is 1.95. The second-order valence-electron chi connectivity index (χ2n) is 5.36. The summed E-state index contributed by atoms with van der Waals surface area (Å²) in [6.07, 6.45) is -0.317. The average molecular weight is 342 g/mol. The molecule has 0 bridgehead atoms. The lowest BCUT2D eigenvalue weighted by molar-refractivity contribution is -0.138. The highest BCUT2D eigenvalue weighted by Crippen LogP contribution is 2.25. The van der Waals surface area contributed by atoms with Crippen molar-refractivity contribution >= 4 is 17.8 Å². The van der Waals surface area contributed by atoms with Gasteiger partial charge in [-0.05, 0) is 28.8 Å². The molecule has 0 fully saturated rings. The minimum atomic E-state index is -1.03. The van der Waals surface area contributed by atoms with E-state index in [0.717, 1.165) is 11.1 Å². The molecule has 0 aliphatic rings. The number of amides is 2. The first kappa shape index (κ1) is 18.2. The lowest BCUT2D eigenvalue weighted by Crippen LogP contribution is -2.23. The molecule has 7 heteroatoms. The number of aliphatic carboxylic acids is 1. The van der Waals surface area contributed by atoms with Gasteiger partial charge in [-0.1, -0.05) is 36.4 Å². The Bertz CT molecular complexity index is 774. The van der Waals surface area contributed by atoms with Gasteiger partial charge in [0.1, 0.15) is 0 Å². The van der Waals surface area contributed by atoms with Crippen LogP contribution < -0.4 is 10.8 Å². The number of carbonyl (C=O) groups excluding carboxylic acids is 2. The van der Waals surface area contributed by atoms with Gasteiger partial charge in [0.05, 0.1) is 6.42 Å². The molecule has 4 N–H and O–H groups in total. The van der Waals surface area contributed by atoms with Gasteiger partial charge in [-0.15, -0.1) is 0 Å². The van der Waals surface area contributed by atoms with E-state index in [1.54, 1.807) is 23.7 Å². The Kier molecular flexibility index (Phi) is 6.25. The van der Waals surface area contributed by atoms with Crippen LogP contribution in [0, 0.1) is 0 Å². The summed E-state index contributed by atoms with van der Waals surface area (Å²) in [5.74, 6) is -2.02. The molecule has 0 aromatic heterocycles. The van der Waals surface area contributed by atoms with Crippen LogP contribution in [0.1, 0.15) is 28.8 Å². The maximum atomic E-state index is 11.8. The number of hydrogen-bond acceptors (Lipinski definition) is 4. The second-order valence-corrected chi connectivity index (χ2v) is 5.36. The summed E-state index contributed by atoms with van der Waals surface area (Å²) >= 11 is 0. The number of rotatable bonds is 7. The Morgan fingerprint density at radius 3 is 2.32 bits per heavy atom. The van der Waals surface area contributed by atoms with Gasteiger partial charge < -0.3 is 10.4 Å². The van der Waals surface area contributed by atoms with E-state index in [2.05, 4.69) is 5.32 Å². The number of hydrogen-bond donors (Lipinski definition) is 4. The molecule has 130 valence electrons. The highest BCUT2D eigenvalue weighted by atomic mass is 16.5. The second kappa shape index (κ2) is 8.60. The van der Waals surface area contributed by atoms with Crippen LogP contribution in [0.5, 0.6) is 0 Å². The smallest absolute Gasteiger partial charge is 0.303 e. The van der Waals surface area contributed by atoms with Crippen molar-refractivity contribution in [3.05, 3.63) is 59.7 Å². The lowest BCUT2D eigenvalue weighted by Gasteiger charge is -2.12. The number of carboxylic acid groups (broad SMARTS) is 1. The SMILES string of the molecule is O=C(O)CCC(=O)NCc1ccc(C(=O)NO)c(-c2ccccc2)c1. The van der Waals surface area contributed by atoms with Crippen molar-refractivity contribution < 1.29 is 24.7 Å². The van der Waals surface area contributed by atoms with Crippen LogP contribution in [0.3, 0.4) is 0 Å². The quantitative estimate of drug-likeness (QED) is 0.453. The first-order chi connectivity index (χ1) is 12.0. The third-order valence-electron chi connectivity index (χ3n) is 3.57. The molecule has 7 nitrogen and oxygen atoms in total. The van der Waals surface area contributed by atoms with Crippen LogP contribution in [0.2, 0.25) is 0 Å². The van der Waals surface area contributed by atoms with Crippen LogP contribution in [0.15, 0.2) is 48.5 Å². The Hall–Kier alpha value is -3.19. The molecule has 0 atom stereocenters. The normalized spacial score (nSPS) is 10.1. The zero-order valence-corrected chi connectivity index (χ0v) is 13.4. The molecule has 0 heterocycles. The largest absolute Gasteiger partial charge is 0.481 e. The van der Waals surface area contributed by atoms with E-state index < -0.39 is 11.9 Å². The van der Waals surface area contributed by atoms with Gasteiger partial charge in [0, 0.05) is 18.5 Å². The van der Waals surface area contributed by atoms with Crippen LogP contribution in [-0.2, 0) is 16.1 Å². The molecule has 2 amide bonds. The standard InChI is InChI=1S/C18H18N2O5/c21-16(8-9-17(22)23)19-11-12-6-7-14(18(24)20-25)15(10-12)13-4-2-1-3-5-13/h1-7,10,25H,8-9,11H2,(H,19,21)(H,20,24)(H,22,23). The first-order valence-electron chi connectivity index (χ1n) is 7.62. The molecular weight excluding hydrogens is 324 g/mol. The van der Waals surface area contributed by atoms with Crippen molar-refractivity contribution in [3.8, 4) is 11.1 Å². The topological polar surface area (TPSA) is 116 Å². The minimum Gasteiger partial charge on any atom is -0.481 e. The van der Waals surface area contributed by atoms with Crippen LogP contribution in [0.25, 0.3) is 11.1 Å². The molecule has 0 spiro atoms. The maximum absolute atomic E-state index is 11.8. The summed E-state index contributed by atoms with van der Waals surface area (Å²) in [5.41, 5.74) is 4.08. The molecule has 2 aromatic rings. The number of carboxylic acids is 1.